The summed E-state index contributed by atoms with van der Waals surface area (Å²) in [5.41, 5.74) is 1.72. The summed E-state index contributed by atoms with van der Waals surface area (Å²) < 4.78 is 18.4. The summed E-state index contributed by atoms with van der Waals surface area (Å²) in [7, 11) is 1.48. The maximum atomic E-state index is 13.4. The standard InChI is InChI=1S/C33H30N6O8/c1-45-21-11-7-10-20(14-21)30(41)38-25-27(40)24(16-46-33(44)23-13-6-5-12-22(23)32(42)43)47-31(25)39-18-37-26-28(35-17-36-29(26)39)34-15-19-8-3-2-4-9-19/h2-14,17-18,24-25,27,31,40H,15-16H2,1H3,(H,38,41)(H,42,43)(H,34,35,36)/t24-,25-,27-,31-/m1/s1. The van der Waals surface area contributed by atoms with Crippen LogP contribution in [0.25, 0.3) is 11.2 Å². The molecule has 4 atom stereocenters. The molecule has 1 saturated heterocycles. The Morgan fingerprint density at radius 3 is 2.49 bits per heavy atom. The molecule has 0 radical (unpaired) electrons. The van der Waals surface area contributed by atoms with Gasteiger partial charge in [0.25, 0.3) is 5.91 Å². The van der Waals surface area contributed by atoms with E-state index in [0.29, 0.717) is 29.3 Å². The van der Waals surface area contributed by atoms with Gasteiger partial charge in [-0.05, 0) is 35.9 Å². The summed E-state index contributed by atoms with van der Waals surface area (Å²) in [5.74, 6) is -1.78. The number of carboxylic acids is 1. The van der Waals surface area contributed by atoms with Crippen LogP contribution in [0.1, 0.15) is 42.9 Å². The normalized spacial score (nSPS) is 18.9. The second kappa shape index (κ2) is 13.6. The number of fused-ring (bicyclic) bond motifs is 1. The van der Waals surface area contributed by atoms with Gasteiger partial charge < -0.3 is 35.1 Å². The molecule has 0 saturated carbocycles. The van der Waals surface area contributed by atoms with E-state index < -0.39 is 48.9 Å². The van der Waals surface area contributed by atoms with Crippen molar-refractivity contribution in [2.45, 2.75) is 31.0 Å². The van der Waals surface area contributed by atoms with Gasteiger partial charge in [-0.1, -0.05) is 48.5 Å². The molecule has 0 aliphatic carbocycles. The Hall–Kier alpha value is -5.86. The maximum absolute atomic E-state index is 13.4. The Bertz CT molecular complexity index is 1920. The summed E-state index contributed by atoms with van der Waals surface area (Å²) in [4.78, 5) is 51.1. The molecule has 14 heteroatoms. The monoisotopic (exact) mass is 638 g/mol. The fourth-order valence-electron chi connectivity index (χ4n) is 5.31. The van der Waals surface area contributed by atoms with Crippen LogP contribution in [-0.4, -0.2) is 79.5 Å². The van der Waals surface area contributed by atoms with Crippen molar-refractivity contribution in [3.8, 4) is 5.75 Å². The van der Waals surface area contributed by atoms with Crippen molar-refractivity contribution in [2.24, 2.45) is 0 Å². The lowest BCUT2D eigenvalue weighted by Crippen LogP contribution is -2.47. The number of hydrogen-bond acceptors (Lipinski definition) is 11. The second-order valence-electron chi connectivity index (χ2n) is 10.6. The molecule has 1 fully saturated rings. The van der Waals surface area contributed by atoms with Gasteiger partial charge in [-0.15, -0.1) is 0 Å². The van der Waals surface area contributed by atoms with E-state index in [1.165, 1.54) is 44.0 Å². The number of aliphatic hydroxyl groups is 1. The van der Waals surface area contributed by atoms with Crippen molar-refractivity contribution >= 4 is 34.8 Å². The smallest absolute Gasteiger partial charge is 0.339 e. The van der Waals surface area contributed by atoms with Crippen molar-refractivity contribution in [1.29, 1.82) is 0 Å². The van der Waals surface area contributed by atoms with Crippen LogP contribution in [0.3, 0.4) is 0 Å². The Kier molecular flexibility index (Phi) is 9.04. The first-order valence-corrected chi connectivity index (χ1v) is 14.6. The van der Waals surface area contributed by atoms with E-state index in [4.69, 9.17) is 14.2 Å². The molecule has 3 heterocycles. The lowest BCUT2D eigenvalue weighted by molar-refractivity contribution is -0.0515. The Morgan fingerprint density at radius 1 is 0.957 bits per heavy atom. The minimum absolute atomic E-state index is 0.153. The Labute approximate surface area is 268 Å². The number of benzene rings is 3. The van der Waals surface area contributed by atoms with Crippen LogP contribution in [0.5, 0.6) is 5.75 Å². The molecule has 2 aromatic heterocycles. The Morgan fingerprint density at radius 2 is 1.72 bits per heavy atom. The van der Waals surface area contributed by atoms with E-state index in [9.17, 15) is 24.6 Å². The van der Waals surface area contributed by atoms with Crippen molar-refractivity contribution < 1.29 is 38.8 Å². The molecule has 0 bridgehead atoms. The third kappa shape index (κ3) is 6.59. The molecular formula is C33H30N6O8. The molecule has 1 aliphatic heterocycles. The number of methoxy groups -OCH3 is 1. The van der Waals surface area contributed by atoms with E-state index in [1.54, 1.807) is 28.8 Å². The number of carbonyl (C=O) groups excluding carboxylic acids is 2. The number of carboxylic acid groups (broad SMARTS) is 1. The molecule has 14 nitrogen and oxygen atoms in total. The largest absolute Gasteiger partial charge is 0.497 e. The van der Waals surface area contributed by atoms with Crippen LogP contribution in [0.2, 0.25) is 0 Å². The van der Waals surface area contributed by atoms with Gasteiger partial charge >= 0.3 is 11.9 Å². The molecule has 0 spiro atoms. The predicted octanol–water partition coefficient (Wildman–Crippen LogP) is 3.06. The van der Waals surface area contributed by atoms with Crippen molar-refractivity contribution in [3.05, 3.63) is 114 Å². The molecule has 47 heavy (non-hydrogen) atoms. The van der Waals surface area contributed by atoms with Gasteiger partial charge in [0.1, 0.15) is 36.9 Å². The zero-order chi connectivity index (χ0) is 32.9. The minimum atomic E-state index is -1.37. The molecule has 240 valence electrons. The van der Waals surface area contributed by atoms with Gasteiger partial charge in [0.2, 0.25) is 0 Å². The van der Waals surface area contributed by atoms with Crippen LogP contribution in [0, 0.1) is 0 Å². The number of nitrogens with one attached hydrogen (secondary N) is 2. The SMILES string of the molecule is COc1cccc(C(=O)N[C@@H]2[C@H](O)[C@@H](COC(=O)c3ccccc3C(=O)O)O[C@H]2n2cnc3c(NCc4ccccc4)ncnc32)c1. The number of esters is 1. The third-order valence-electron chi connectivity index (χ3n) is 7.69. The maximum Gasteiger partial charge on any atom is 0.339 e. The van der Waals surface area contributed by atoms with Crippen LogP contribution in [-0.2, 0) is 16.0 Å². The highest BCUT2D eigenvalue weighted by Crippen LogP contribution is 2.33. The third-order valence-corrected chi connectivity index (χ3v) is 7.69. The minimum Gasteiger partial charge on any atom is -0.497 e. The molecule has 5 aromatic rings. The molecule has 0 unspecified atom stereocenters. The van der Waals surface area contributed by atoms with Crippen molar-refractivity contribution in [1.82, 2.24) is 24.8 Å². The van der Waals surface area contributed by atoms with Crippen LogP contribution in [0.15, 0.2) is 91.5 Å². The van der Waals surface area contributed by atoms with Gasteiger partial charge in [-0.3, -0.25) is 9.36 Å². The first-order valence-electron chi connectivity index (χ1n) is 14.6. The molecule has 1 amide bonds. The average Bonchev–Trinajstić information content (AvgIpc) is 3.67. The number of hydrogen-bond donors (Lipinski definition) is 4. The topological polar surface area (TPSA) is 187 Å². The summed E-state index contributed by atoms with van der Waals surface area (Å²) >= 11 is 0. The number of amides is 1. The number of anilines is 1. The average molecular weight is 639 g/mol. The zero-order valence-corrected chi connectivity index (χ0v) is 25.0. The lowest BCUT2D eigenvalue weighted by atomic mass is 10.1. The molecule has 6 rings (SSSR count). The number of nitrogens with zero attached hydrogens (tertiary/aromatic N) is 4. The van der Waals surface area contributed by atoms with E-state index in [-0.39, 0.29) is 16.7 Å². The number of rotatable bonds is 11. The highest BCUT2D eigenvalue weighted by Gasteiger charge is 2.47. The number of aromatic carboxylic acids is 1. The Balaban J connectivity index is 1.27. The van der Waals surface area contributed by atoms with Crippen molar-refractivity contribution in [3.63, 3.8) is 0 Å². The number of imidazole rings is 1. The van der Waals surface area contributed by atoms with Gasteiger partial charge in [0.05, 0.1) is 24.6 Å². The fraction of sp³-hybridized carbons (Fsp3) is 0.212. The van der Waals surface area contributed by atoms with Crippen LogP contribution >= 0.6 is 0 Å². The van der Waals surface area contributed by atoms with Gasteiger partial charge in [-0.25, -0.2) is 24.5 Å². The summed E-state index contributed by atoms with van der Waals surface area (Å²) in [6.45, 7) is 0.0393. The van der Waals surface area contributed by atoms with Crippen LogP contribution in [0.4, 0.5) is 5.82 Å². The second-order valence-corrected chi connectivity index (χ2v) is 10.6. The van der Waals surface area contributed by atoms with E-state index >= 15 is 0 Å². The quantitative estimate of drug-likeness (QED) is 0.155. The number of carbonyl (C=O) groups is 3. The van der Waals surface area contributed by atoms with Crippen molar-refractivity contribution in [2.75, 3.05) is 19.0 Å². The summed E-state index contributed by atoms with van der Waals surface area (Å²) in [5, 5.41) is 27.0. The van der Waals surface area contributed by atoms with E-state index in [2.05, 4.69) is 25.6 Å². The molecule has 4 N–H and O–H groups in total. The first-order chi connectivity index (χ1) is 22.8. The van der Waals surface area contributed by atoms with E-state index in [1.807, 2.05) is 30.3 Å². The number of aromatic nitrogens is 4. The predicted molar refractivity (Wildman–Crippen MR) is 167 cm³/mol. The van der Waals surface area contributed by atoms with Gasteiger partial charge in [0.15, 0.2) is 23.2 Å². The fourth-order valence-corrected chi connectivity index (χ4v) is 5.31. The summed E-state index contributed by atoms with van der Waals surface area (Å²) in [6, 6.07) is 20.8. The summed E-state index contributed by atoms with van der Waals surface area (Å²) in [6.07, 6.45) is -0.704. The first kappa shape index (κ1) is 31.1. The number of ether oxygens (including phenoxy) is 3. The molecule has 1 aliphatic rings. The zero-order valence-electron chi connectivity index (χ0n) is 25.0. The lowest BCUT2D eigenvalue weighted by Gasteiger charge is -2.23. The number of aliphatic hydroxyl groups excluding tert-OH is 1. The van der Waals surface area contributed by atoms with E-state index in [0.717, 1.165) is 5.56 Å². The van der Waals surface area contributed by atoms with Gasteiger partial charge in [-0.2, -0.15) is 0 Å². The highest BCUT2D eigenvalue weighted by molar-refractivity contribution is 6.02. The highest BCUT2D eigenvalue weighted by atomic mass is 16.6. The molecule has 3 aromatic carbocycles. The van der Waals surface area contributed by atoms with Crippen LogP contribution < -0.4 is 15.4 Å². The molecular weight excluding hydrogens is 608 g/mol. The van der Waals surface area contributed by atoms with Gasteiger partial charge in [0, 0.05) is 12.1 Å².